The number of hydrogen-bond acceptors (Lipinski definition) is 6. The first kappa shape index (κ1) is 16.8. The van der Waals surface area contributed by atoms with Crippen molar-refractivity contribution in [3.8, 4) is 0 Å². The van der Waals surface area contributed by atoms with Gasteiger partial charge in [0, 0.05) is 26.4 Å². The molecule has 0 saturated carbocycles. The van der Waals surface area contributed by atoms with Crippen molar-refractivity contribution in [1.29, 1.82) is 0 Å². The van der Waals surface area contributed by atoms with Crippen molar-refractivity contribution in [1.82, 2.24) is 4.90 Å². The van der Waals surface area contributed by atoms with Gasteiger partial charge in [0.2, 0.25) is 0 Å². The Morgan fingerprint density at radius 2 is 2.00 bits per heavy atom. The van der Waals surface area contributed by atoms with Crippen molar-refractivity contribution in [3.05, 3.63) is 4.88 Å². The van der Waals surface area contributed by atoms with E-state index < -0.39 is 9.84 Å². The van der Waals surface area contributed by atoms with Gasteiger partial charge in [0.1, 0.15) is 14.8 Å². The molecular weight excluding hydrogens is 298 g/mol. The summed E-state index contributed by atoms with van der Waals surface area (Å²) in [5.41, 5.74) is 5.92. The monoisotopic (exact) mass is 319 g/mol. The maximum Gasteiger partial charge on any atom is 0.265 e. The predicted molar refractivity (Wildman–Crippen MR) is 83.2 cm³/mol. The number of carbonyl (C=O) groups is 1. The molecule has 1 aromatic rings. The molecule has 0 aliphatic carbocycles. The number of rotatable bonds is 5. The van der Waals surface area contributed by atoms with Gasteiger partial charge < -0.3 is 16.0 Å². The van der Waals surface area contributed by atoms with Gasteiger partial charge in [-0.3, -0.25) is 4.79 Å². The minimum absolute atomic E-state index is 0.0213. The summed E-state index contributed by atoms with van der Waals surface area (Å²) in [4.78, 5) is 13.7. The van der Waals surface area contributed by atoms with Crippen LogP contribution in [0.4, 0.5) is 10.7 Å². The molecule has 1 amide bonds. The zero-order valence-electron chi connectivity index (χ0n) is 12.4. The Hall–Kier alpha value is -1.28. The number of nitrogens with zero attached hydrogens (tertiary/aromatic N) is 1. The maximum absolute atomic E-state index is 12.0. The molecule has 0 spiro atoms. The van der Waals surface area contributed by atoms with Crippen LogP contribution in [0.25, 0.3) is 0 Å². The Kier molecular flexibility index (Phi) is 5.04. The number of hydrogen-bond donors (Lipinski definition) is 2. The van der Waals surface area contributed by atoms with Crippen LogP contribution in [0, 0.1) is 0 Å². The highest BCUT2D eigenvalue weighted by molar-refractivity contribution is 7.91. The van der Waals surface area contributed by atoms with Gasteiger partial charge in [0.15, 0.2) is 9.84 Å². The lowest BCUT2D eigenvalue weighted by molar-refractivity contribution is 0.0833. The van der Waals surface area contributed by atoms with Crippen LogP contribution in [-0.4, -0.2) is 45.6 Å². The van der Waals surface area contributed by atoms with Gasteiger partial charge in [0.25, 0.3) is 5.91 Å². The second-order valence-corrected chi connectivity index (χ2v) is 7.90. The molecule has 0 aromatic carbocycles. The molecule has 0 radical (unpaired) electrons. The number of thiophene rings is 1. The van der Waals surface area contributed by atoms with Crippen LogP contribution in [0.5, 0.6) is 0 Å². The van der Waals surface area contributed by atoms with E-state index in [-0.39, 0.29) is 27.4 Å². The van der Waals surface area contributed by atoms with Gasteiger partial charge in [-0.2, -0.15) is 0 Å². The minimum Gasteiger partial charge on any atom is -0.396 e. The van der Waals surface area contributed by atoms with Crippen LogP contribution < -0.4 is 11.1 Å². The summed E-state index contributed by atoms with van der Waals surface area (Å²) < 4.78 is 23.8. The Morgan fingerprint density at radius 1 is 1.45 bits per heavy atom. The first-order valence-electron chi connectivity index (χ1n) is 6.20. The van der Waals surface area contributed by atoms with Crippen molar-refractivity contribution in [3.63, 3.8) is 0 Å². The second kappa shape index (κ2) is 6.01. The third-order valence-electron chi connectivity index (χ3n) is 2.86. The predicted octanol–water partition coefficient (Wildman–Crippen LogP) is 1.65. The fraction of sp³-hybridized carbons (Fsp3) is 0.583. The fourth-order valence-corrected chi connectivity index (χ4v) is 4.27. The summed E-state index contributed by atoms with van der Waals surface area (Å²) in [6.45, 7) is 3.93. The van der Waals surface area contributed by atoms with E-state index in [1.807, 2.05) is 13.8 Å². The molecule has 0 fully saturated rings. The number of nitrogens with two attached hydrogens (primary N) is 1. The molecule has 20 heavy (non-hydrogen) atoms. The van der Waals surface area contributed by atoms with Gasteiger partial charge in [-0.05, 0) is 13.3 Å². The van der Waals surface area contributed by atoms with Crippen molar-refractivity contribution in [2.24, 2.45) is 0 Å². The molecule has 0 saturated heterocycles. The Bertz CT molecular complexity index is 606. The van der Waals surface area contributed by atoms with E-state index in [0.717, 1.165) is 24.0 Å². The second-order valence-electron chi connectivity index (χ2n) is 4.93. The number of nitrogen functional groups attached to an aromatic ring is 1. The van der Waals surface area contributed by atoms with Crippen LogP contribution in [-0.2, 0) is 9.84 Å². The molecule has 1 heterocycles. The normalized spacial score (nSPS) is 13.1. The van der Waals surface area contributed by atoms with E-state index in [1.165, 1.54) is 4.90 Å². The highest BCUT2D eigenvalue weighted by Gasteiger charge is 2.28. The van der Waals surface area contributed by atoms with Gasteiger partial charge in [-0.25, -0.2) is 8.42 Å². The Morgan fingerprint density at radius 3 is 2.40 bits per heavy atom. The third kappa shape index (κ3) is 3.43. The van der Waals surface area contributed by atoms with Gasteiger partial charge in [-0.15, -0.1) is 11.3 Å². The highest BCUT2D eigenvalue weighted by atomic mass is 32.2. The van der Waals surface area contributed by atoms with Crippen molar-refractivity contribution in [2.75, 3.05) is 31.4 Å². The minimum atomic E-state index is -3.50. The van der Waals surface area contributed by atoms with Gasteiger partial charge in [-0.1, -0.05) is 6.92 Å². The molecule has 114 valence electrons. The van der Waals surface area contributed by atoms with Crippen LogP contribution in [0.1, 0.15) is 29.9 Å². The fourth-order valence-electron chi connectivity index (χ4n) is 1.58. The van der Waals surface area contributed by atoms with Crippen LogP contribution >= 0.6 is 11.3 Å². The summed E-state index contributed by atoms with van der Waals surface area (Å²) in [5.74, 6) is -0.297. The summed E-state index contributed by atoms with van der Waals surface area (Å²) >= 11 is 1.09. The summed E-state index contributed by atoms with van der Waals surface area (Å²) in [6, 6.07) is 0.0934. The third-order valence-corrected chi connectivity index (χ3v) is 5.28. The average Bonchev–Trinajstić information content (AvgIpc) is 2.64. The average molecular weight is 319 g/mol. The maximum atomic E-state index is 12.0. The summed E-state index contributed by atoms with van der Waals surface area (Å²) in [6.07, 6.45) is 1.93. The van der Waals surface area contributed by atoms with Crippen molar-refractivity contribution >= 4 is 37.8 Å². The number of anilines is 2. The van der Waals surface area contributed by atoms with E-state index in [0.29, 0.717) is 5.00 Å². The molecule has 1 aromatic heterocycles. The van der Waals surface area contributed by atoms with E-state index >= 15 is 0 Å². The zero-order chi connectivity index (χ0) is 15.7. The van der Waals surface area contributed by atoms with E-state index in [9.17, 15) is 13.2 Å². The smallest absolute Gasteiger partial charge is 0.265 e. The molecule has 3 N–H and O–H groups in total. The molecular formula is C12H21N3O3S2. The number of amides is 1. The van der Waals surface area contributed by atoms with Crippen LogP contribution in [0.3, 0.4) is 0 Å². The standard InChI is InChI=1S/C12H21N3O3S2/c1-6-7(2)14-11-10(20(5,17)18)8(13)9(19-11)12(16)15(3)4/h7,14H,6,13H2,1-5H3. The Labute approximate surface area is 123 Å². The van der Waals surface area contributed by atoms with E-state index in [2.05, 4.69) is 5.32 Å². The topological polar surface area (TPSA) is 92.5 Å². The molecule has 0 bridgehead atoms. The lowest BCUT2D eigenvalue weighted by Gasteiger charge is -2.12. The van der Waals surface area contributed by atoms with Gasteiger partial charge >= 0.3 is 0 Å². The van der Waals surface area contributed by atoms with E-state index in [1.54, 1.807) is 14.1 Å². The summed E-state index contributed by atoms with van der Waals surface area (Å²) in [5, 5.41) is 3.55. The first-order chi connectivity index (χ1) is 9.09. The first-order valence-corrected chi connectivity index (χ1v) is 8.90. The SMILES string of the molecule is CCC(C)Nc1sc(C(=O)N(C)C)c(N)c1S(C)(=O)=O. The molecule has 1 unspecified atom stereocenters. The number of sulfone groups is 1. The molecule has 0 aliphatic rings. The molecule has 0 aliphatic heterocycles. The van der Waals surface area contributed by atoms with Crippen LogP contribution in [0.15, 0.2) is 4.90 Å². The highest BCUT2D eigenvalue weighted by Crippen LogP contribution is 2.40. The van der Waals surface area contributed by atoms with Crippen molar-refractivity contribution in [2.45, 2.75) is 31.2 Å². The quantitative estimate of drug-likeness (QED) is 0.861. The van der Waals surface area contributed by atoms with Crippen LogP contribution in [0.2, 0.25) is 0 Å². The van der Waals surface area contributed by atoms with Gasteiger partial charge in [0.05, 0.1) is 5.69 Å². The molecule has 6 nitrogen and oxygen atoms in total. The lowest BCUT2D eigenvalue weighted by atomic mass is 10.2. The molecule has 1 rings (SSSR count). The lowest BCUT2D eigenvalue weighted by Crippen LogP contribution is -2.21. The van der Waals surface area contributed by atoms with E-state index in [4.69, 9.17) is 5.73 Å². The summed E-state index contributed by atoms with van der Waals surface area (Å²) in [7, 11) is -0.303. The molecule has 1 atom stereocenters. The number of nitrogens with one attached hydrogen (secondary N) is 1. The largest absolute Gasteiger partial charge is 0.396 e. The zero-order valence-corrected chi connectivity index (χ0v) is 14.0. The molecule has 8 heteroatoms. The van der Waals surface area contributed by atoms with Crippen molar-refractivity contribution < 1.29 is 13.2 Å². The Balaban J connectivity index is 3.43. The number of carbonyl (C=O) groups excluding carboxylic acids is 1.